The van der Waals surface area contributed by atoms with E-state index in [0.717, 1.165) is 45.8 Å². The average Bonchev–Trinajstić information content (AvgIpc) is 3.74. The molecule has 0 aliphatic carbocycles. The second-order valence-corrected chi connectivity index (χ2v) is 13.5. The molecule has 2 aliphatic heterocycles. The van der Waals surface area contributed by atoms with E-state index >= 15 is 0 Å². The number of aliphatic imine (C=N–C) groups is 1. The molecule has 0 saturated carbocycles. The fourth-order valence-electron chi connectivity index (χ4n) is 6.51. The van der Waals surface area contributed by atoms with E-state index in [0.29, 0.717) is 38.7 Å². The molecule has 0 unspecified atom stereocenters. The van der Waals surface area contributed by atoms with Gasteiger partial charge in [-0.05, 0) is 29.2 Å². The minimum atomic E-state index is -0.897. The third-order valence-corrected chi connectivity index (χ3v) is 9.39. The molecule has 2 aliphatic rings. The van der Waals surface area contributed by atoms with Crippen LogP contribution >= 0.6 is 0 Å². The molecule has 0 bridgehead atoms. The Morgan fingerprint density at radius 1 is 0.630 bits per heavy atom. The maximum atomic E-state index is 6.97. The van der Waals surface area contributed by atoms with Crippen LogP contribution in [-0.4, -0.2) is 56.2 Å². The SMILES string of the molecule is Cc1ccc(/C(=C\C2=NCCN2)O[C@H]2O[C@H](COCc3ccccc3)[C@@H](OCc3ccccc3)[C@H](OCc3ccccc3)[C@H]2OCc2ccccc2)cc1. The van der Waals surface area contributed by atoms with Crippen LogP contribution < -0.4 is 5.32 Å². The van der Waals surface area contributed by atoms with Crippen LogP contribution in [0.2, 0.25) is 0 Å². The van der Waals surface area contributed by atoms with Crippen LogP contribution in [0.5, 0.6) is 0 Å². The van der Waals surface area contributed by atoms with Gasteiger partial charge in [0.15, 0.2) is 0 Å². The second-order valence-electron chi connectivity index (χ2n) is 13.5. The van der Waals surface area contributed by atoms with Crippen LogP contribution in [0.4, 0.5) is 0 Å². The molecule has 1 fully saturated rings. The molecule has 0 radical (unpaired) electrons. The highest BCUT2D eigenvalue weighted by Gasteiger charge is 2.50. The van der Waals surface area contributed by atoms with E-state index in [1.807, 2.05) is 91.0 Å². The molecular weight excluding hydrogens is 677 g/mol. The highest BCUT2D eigenvalue weighted by molar-refractivity contribution is 5.99. The summed E-state index contributed by atoms with van der Waals surface area (Å²) >= 11 is 0. The third-order valence-electron chi connectivity index (χ3n) is 9.39. The molecule has 5 atom stereocenters. The number of hydrogen-bond acceptors (Lipinski definition) is 8. The Balaban J connectivity index is 1.25. The molecule has 54 heavy (non-hydrogen) atoms. The largest absolute Gasteiger partial charge is 0.461 e. The summed E-state index contributed by atoms with van der Waals surface area (Å²) in [4.78, 5) is 4.65. The molecule has 278 valence electrons. The van der Waals surface area contributed by atoms with E-state index in [1.54, 1.807) is 0 Å². The lowest BCUT2D eigenvalue weighted by Crippen LogP contribution is -2.61. The fourth-order valence-corrected chi connectivity index (χ4v) is 6.51. The lowest BCUT2D eigenvalue weighted by molar-refractivity contribution is -0.315. The lowest BCUT2D eigenvalue weighted by atomic mass is 9.97. The Bertz CT molecular complexity index is 1910. The van der Waals surface area contributed by atoms with Crippen molar-refractivity contribution < 1.29 is 28.4 Å². The number of nitrogens with zero attached hydrogens (tertiary/aromatic N) is 1. The zero-order valence-electron chi connectivity index (χ0n) is 30.7. The normalized spacial score (nSPS) is 21.3. The van der Waals surface area contributed by atoms with Crippen molar-refractivity contribution in [2.24, 2.45) is 4.99 Å². The molecule has 0 spiro atoms. The molecule has 1 saturated heterocycles. The van der Waals surface area contributed by atoms with Gasteiger partial charge >= 0.3 is 0 Å². The Labute approximate surface area is 318 Å². The molecule has 8 heteroatoms. The predicted molar refractivity (Wildman–Crippen MR) is 210 cm³/mol. The van der Waals surface area contributed by atoms with Gasteiger partial charge in [-0.25, -0.2) is 0 Å². The van der Waals surface area contributed by atoms with Crippen molar-refractivity contribution in [3.05, 3.63) is 185 Å². The van der Waals surface area contributed by atoms with Gasteiger partial charge in [-0.2, -0.15) is 0 Å². The van der Waals surface area contributed by atoms with Crippen molar-refractivity contribution in [1.29, 1.82) is 0 Å². The van der Waals surface area contributed by atoms with Crippen LogP contribution in [0.1, 0.15) is 33.4 Å². The predicted octanol–water partition coefficient (Wildman–Crippen LogP) is 8.05. The molecule has 0 amide bonds. The van der Waals surface area contributed by atoms with E-state index in [4.69, 9.17) is 28.4 Å². The highest BCUT2D eigenvalue weighted by atomic mass is 16.7. The van der Waals surface area contributed by atoms with Crippen molar-refractivity contribution in [2.45, 2.75) is 64.1 Å². The zero-order chi connectivity index (χ0) is 36.8. The van der Waals surface area contributed by atoms with E-state index < -0.39 is 30.7 Å². The molecule has 5 aromatic rings. The standard InChI is InChI=1S/C46H48N2O6/c1-34-22-24-39(25-23-34)40(28-42-47-26-27-48-42)53-46-45(52-32-38-20-12-5-13-21-38)44(51-31-37-18-10-4-11-19-37)43(50-30-36-16-8-3-9-17-36)41(54-46)33-49-29-35-14-6-2-7-15-35/h2-25,28,41,43-46H,26-27,29-33H2,1H3,(H,47,48)/b40-28+/t41-,43-,44+,45-,46+/m1/s1. The van der Waals surface area contributed by atoms with Gasteiger partial charge in [-0.15, -0.1) is 0 Å². The Hall–Kier alpha value is -5.09. The zero-order valence-corrected chi connectivity index (χ0v) is 30.7. The smallest absolute Gasteiger partial charge is 0.229 e. The highest BCUT2D eigenvalue weighted by Crippen LogP contribution is 2.34. The number of ether oxygens (including phenoxy) is 6. The van der Waals surface area contributed by atoms with E-state index in [2.05, 4.69) is 77.9 Å². The van der Waals surface area contributed by atoms with Crippen LogP contribution in [0.3, 0.4) is 0 Å². The minimum absolute atomic E-state index is 0.239. The summed E-state index contributed by atoms with van der Waals surface area (Å²) < 4.78 is 40.9. The van der Waals surface area contributed by atoms with Gasteiger partial charge in [-0.1, -0.05) is 151 Å². The van der Waals surface area contributed by atoms with Crippen molar-refractivity contribution in [2.75, 3.05) is 19.7 Å². The third kappa shape index (κ3) is 10.5. The first-order valence-electron chi connectivity index (χ1n) is 18.7. The molecular formula is C46H48N2O6. The summed E-state index contributed by atoms with van der Waals surface area (Å²) in [5, 5.41) is 3.36. The second kappa shape index (κ2) is 19.3. The number of rotatable bonds is 17. The molecule has 8 nitrogen and oxygen atoms in total. The Morgan fingerprint density at radius 2 is 1.13 bits per heavy atom. The maximum absolute atomic E-state index is 6.97. The molecule has 2 heterocycles. The maximum Gasteiger partial charge on any atom is 0.229 e. The van der Waals surface area contributed by atoms with Gasteiger partial charge in [0.2, 0.25) is 6.29 Å². The first-order chi connectivity index (χ1) is 26.7. The first kappa shape index (κ1) is 37.2. The quantitative estimate of drug-likeness (QED) is 0.0973. The monoisotopic (exact) mass is 724 g/mol. The summed E-state index contributed by atoms with van der Waals surface area (Å²) in [5.74, 6) is 1.36. The fraction of sp³-hybridized carbons (Fsp3) is 0.283. The minimum Gasteiger partial charge on any atom is -0.461 e. The lowest BCUT2D eigenvalue weighted by Gasteiger charge is -2.46. The Kier molecular flexibility index (Phi) is 13.3. The van der Waals surface area contributed by atoms with Gasteiger partial charge < -0.3 is 33.7 Å². The number of nitrogens with one attached hydrogen (secondary N) is 1. The molecule has 1 N–H and O–H groups in total. The van der Waals surface area contributed by atoms with Gasteiger partial charge in [0.05, 0.1) is 39.6 Å². The summed E-state index contributed by atoms with van der Waals surface area (Å²) in [6.45, 7) is 5.21. The summed E-state index contributed by atoms with van der Waals surface area (Å²) in [5.41, 5.74) is 6.20. The van der Waals surface area contributed by atoms with Crippen molar-refractivity contribution in [3.63, 3.8) is 0 Å². The first-order valence-corrected chi connectivity index (χ1v) is 18.7. The van der Waals surface area contributed by atoms with Crippen molar-refractivity contribution in [3.8, 4) is 0 Å². The van der Waals surface area contributed by atoms with Crippen molar-refractivity contribution in [1.82, 2.24) is 5.32 Å². The van der Waals surface area contributed by atoms with Crippen LogP contribution in [0, 0.1) is 6.92 Å². The van der Waals surface area contributed by atoms with Crippen LogP contribution in [-0.2, 0) is 54.8 Å². The van der Waals surface area contributed by atoms with Crippen LogP contribution in [0.25, 0.3) is 5.76 Å². The summed E-state index contributed by atoms with van der Waals surface area (Å²) in [6, 6.07) is 48.7. The van der Waals surface area contributed by atoms with Gasteiger partial charge in [0.25, 0.3) is 0 Å². The van der Waals surface area contributed by atoms with E-state index in [1.165, 1.54) is 0 Å². The number of hydrogen-bond donors (Lipinski definition) is 1. The van der Waals surface area contributed by atoms with Gasteiger partial charge in [0, 0.05) is 18.2 Å². The summed E-state index contributed by atoms with van der Waals surface area (Å²) in [6.07, 6.45) is -1.41. The molecule has 5 aromatic carbocycles. The van der Waals surface area contributed by atoms with E-state index in [-0.39, 0.29) is 6.61 Å². The Morgan fingerprint density at radius 3 is 1.65 bits per heavy atom. The number of amidine groups is 1. The topological polar surface area (TPSA) is 79.8 Å². The van der Waals surface area contributed by atoms with Crippen molar-refractivity contribution >= 4 is 11.6 Å². The summed E-state index contributed by atoms with van der Waals surface area (Å²) in [7, 11) is 0. The van der Waals surface area contributed by atoms with Crippen LogP contribution in [0.15, 0.2) is 157 Å². The number of aryl methyl sites for hydroxylation is 1. The number of benzene rings is 5. The average molecular weight is 725 g/mol. The molecule has 0 aromatic heterocycles. The molecule has 7 rings (SSSR count). The van der Waals surface area contributed by atoms with Gasteiger partial charge in [-0.3, -0.25) is 4.99 Å². The van der Waals surface area contributed by atoms with E-state index in [9.17, 15) is 0 Å². The van der Waals surface area contributed by atoms with Gasteiger partial charge in [0.1, 0.15) is 36.0 Å².